The number of fused-ring (bicyclic) bond motifs is 1. The molecule has 4 heteroatoms. The average Bonchev–Trinajstić information content (AvgIpc) is 2.53. The quantitative estimate of drug-likeness (QED) is 0.777. The molecule has 0 saturated carbocycles. The number of hydrogen-bond acceptors (Lipinski definition) is 4. The number of hydrogen-bond donors (Lipinski definition) is 2. The van der Waals surface area contributed by atoms with Gasteiger partial charge in [-0.05, 0) is 50.4 Å². The van der Waals surface area contributed by atoms with Gasteiger partial charge in [0.05, 0.1) is 18.3 Å². The summed E-state index contributed by atoms with van der Waals surface area (Å²) in [6.45, 7) is 5.05. The molecule has 1 aromatic heterocycles. The van der Waals surface area contributed by atoms with Crippen LogP contribution < -0.4 is 15.8 Å². The van der Waals surface area contributed by atoms with Gasteiger partial charge in [0.2, 0.25) is 0 Å². The lowest BCUT2D eigenvalue weighted by atomic mass is 10.0. The summed E-state index contributed by atoms with van der Waals surface area (Å²) < 4.78 is 5.45. The highest BCUT2D eigenvalue weighted by atomic mass is 16.5. The number of rotatable bonds is 8. The fourth-order valence-corrected chi connectivity index (χ4v) is 2.81. The van der Waals surface area contributed by atoms with E-state index >= 15 is 0 Å². The van der Waals surface area contributed by atoms with Gasteiger partial charge in [-0.1, -0.05) is 13.3 Å². The standard InChI is InChI=1S/C18H27N3O/c1-4-6-14(7-5-9-19)21-17-12-15(22-3)11-16-13(2)8-10-20-18(16)17/h8,10-12,14,21H,4-7,9,19H2,1-3H3/t14-/m0/s1. The van der Waals surface area contributed by atoms with Crippen LogP contribution in [0.1, 0.15) is 38.2 Å². The monoisotopic (exact) mass is 301 g/mol. The number of aryl methyl sites for hydroxylation is 1. The van der Waals surface area contributed by atoms with Crippen molar-refractivity contribution in [2.24, 2.45) is 5.73 Å². The zero-order valence-electron chi connectivity index (χ0n) is 13.9. The highest BCUT2D eigenvalue weighted by molar-refractivity contribution is 5.94. The fourth-order valence-electron chi connectivity index (χ4n) is 2.81. The second kappa shape index (κ2) is 7.99. The molecule has 0 saturated heterocycles. The number of nitrogens with one attached hydrogen (secondary N) is 1. The van der Waals surface area contributed by atoms with Crippen molar-refractivity contribution < 1.29 is 4.74 Å². The molecule has 1 atom stereocenters. The number of methoxy groups -OCH3 is 1. The maximum atomic E-state index is 5.66. The molecule has 1 aromatic carbocycles. The predicted molar refractivity (Wildman–Crippen MR) is 93.6 cm³/mol. The number of aromatic nitrogens is 1. The van der Waals surface area contributed by atoms with Crippen LogP contribution in [0.15, 0.2) is 24.4 Å². The van der Waals surface area contributed by atoms with E-state index in [4.69, 9.17) is 10.5 Å². The molecule has 1 heterocycles. The molecule has 0 spiro atoms. The van der Waals surface area contributed by atoms with Gasteiger partial charge in [0.25, 0.3) is 0 Å². The van der Waals surface area contributed by atoms with Crippen molar-refractivity contribution in [3.8, 4) is 5.75 Å². The molecule has 0 amide bonds. The maximum absolute atomic E-state index is 5.66. The molecule has 0 bridgehead atoms. The topological polar surface area (TPSA) is 60.2 Å². The van der Waals surface area contributed by atoms with E-state index in [2.05, 4.69) is 30.2 Å². The average molecular weight is 301 g/mol. The third kappa shape index (κ3) is 3.89. The van der Waals surface area contributed by atoms with Gasteiger partial charge in [0.15, 0.2) is 0 Å². The van der Waals surface area contributed by atoms with Gasteiger partial charge in [-0.15, -0.1) is 0 Å². The molecule has 2 aromatic rings. The first-order chi connectivity index (χ1) is 10.7. The van der Waals surface area contributed by atoms with Crippen LogP contribution in [0.2, 0.25) is 0 Å². The number of nitrogens with two attached hydrogens (primary N) is 1. The van der Waals surface area contributed by atoms with Gasteiger partial charge in [0.1, 0.15) is 5.75 Å². The Bertz CT molecular complexity index is 613. The van der Waals surface area contributed by atoms with Crippen molar-refractivity contribution in [1.29, 1.82) is 0 Å². The lowest BCUT2D eigenvalue weighted by Crippen LogP contribution is -2.21. The van der Waals surface area contributed by atoms with Crippen molar-refractivity contribution in [2.45, 2.75) is 45.6 Å². The number of ether oxygens (including phenoxy) is 1. The van der Waals surface area contributed by atoms with Crippen LogP contribution in [0, 0.1) is 6.92 Å². The Hall–Kier alpha value is -1.81. The van der Waals surface area contributed by atoms with Crippen molar-refractivity contribution in [2.75, 3.05) is 19.0 Å². The summed E-state index contributed by atoms with van der Waals surface area (Å²) in [5.41, 5.74) is 8.93. The molecule has 0 radical (unpaired) electrons. The van der Waals surface area contributed by atoms with Gasteiger partial charge in [0, 0.05) is 23.7 Å². The van der Waals surface area contributed by atoms with Crippen molar-refractivity contribution >= 4 is 16.6 Å². The third-order valence-electron chi connectivity index (χ3n) is 4.03. The van der Waals surface area contributed by atoms with E-state index in [0.717, 1.165) is 54.6 Å². The van der Waals surface area contributed by atoms with E-state index in [1.807, 2.05) is 18.3 Å². The minimum atomic E-state index is 0.422. The fraction of sp³-hybridized carbons (Fsp3) is 0.500. The normalized spacial score (nSPS) is 12.4. The van der Waals surface area contributed by atoms with Crippen LogP contribution in [0.25, 0.3) is 10.9 Å². The first kappa shape index (κ1) is 16.6. The molecular formula is C18H27N3O. The van der Waals surface area contributed by atoms with E-state index in [1.54, 1.807) is 7.11 Å². The Labute approximate surface area is 133 Å². The van der Waals surface area contributed by atoms with Gasteiger partial charge in [-0.3, -0.25) is 4.98 Å². The minimum absolute atomic E-state index is 0.422. The number of anilines is 1. The predicted octanol–water partition coefficient (Wildman–Crippen LogP) is 3.87. The smallest absolute Gasteiger partial charge is 0.121 e. The molecule has 120 valence electrons. The van der Waals surface area contributed by atoms with Crippen LogP contribution in [-0.4, -0.2) is 24.7 Å². The largest absolute Gasteiger partial charge is 0.497 e. The second-order valence-electron chi connectivity index (χ2n) is 5.76. The Morgan fingerprint density at radius 1 is 1.32 bits per heavy atom. The number of benzene rings is 1. The van der Waals surface area contributed by atoms with Gasteiger partial charge >= 0.3 is 0 Å². The molecule has 2 rings (SSSR count). The molecule has 22 heavy (non-hydrogen) atoms. The zero-order chi connectivity index (χ0) is 15.9. The lowest BCUT2D eigenvalue weighted by molar-refractivity contribution is 0.415. The van der Waals surface area contributed by atoms with E-state index in [9.17, 15) is 0 Å². The third-order valence-corrected chi connectivity index (χ3v) is 4.03. The molecular weight excluding hydrogens is 274 g/mol. The summed E-state index contributed by atoms with van der Waals surface area (Å²) in [5, 5.41) is 4.80. The van der Waals surface area contributed by atoms with Crippen LogP contribution in [0.5, 0.6) is 5.75 Å². The van der Waals surface area contributed by atoms with Crippen LogP contribution in [-0.2, 0) is 0 Å². The summed E-state index contributed by atoms with van der Waals surface area (Å²) in [5.74, 6) is 0.861. The first-order valence-electron chi connectivity index (χ1n) is 8.09. The highest BCUT2D eigenvalue weighted by Crippen LogP contribution is 2.30. The molecule has 4 nitrogen and oxygen atoms in total. The Morgan fingerprint density at radius 2 is 2.14 bits per heavy atom. The van der Waals surface area contributed by atoms with E-state index < -0.39 is 0 Å². The SMILES string of the molecule is CCC[C@@H](CCCN)Nc1cc(OC)cc2c(C)ccnc12. The summed E-state index contributed by atoms with van der Waals surface area (Å²) in [6, 6.07) is 6.55. The summed E-state index contributed by atoms with van der Waals surface area (Å²) in [6.07, 6.45) is 6.26. The van der Waals surface area contributed by atoms with Gasteiger partial charge in [-0.25, -0.2) is 0 Å². The van der Waals surface area contributed by atoms with Crippen molar-refractivity contribution in [1.82, 2.24) is 4.98 Å². The van der Waals surface area contributed by atoms with Crippen LogP contribution in [0.3, 0.4) is 0 Å². The molecule has 0 aliphatic rings. The van der Waals surface area contributed by atoms with Crippen molar-refractivity contribution in [3.05, 3.63) is 30.0 Å². The van der Waals surface area contributed by atoms with Crippen LogP contribution >= 0.6 is 0 Å². The van der Waals surface area contributed by atoms with Gasteiger partial charge < -0.3 is 15.8 Å². The molecule has 0 fully saturated rings. The zero-order valence-corrected chi connectivity index (χ0v) is 13.9. The first-order valence-corrected chi connectivity index (χ1v) is 8.09. The summed E-state index contributed by atoms with van der Waals surface area (Å²) >= 11 is 0. The summed E-state index contributed by atoms with van der Waals surface area (Å²) in [7, 11) is 1.70. The van der Waals surface area contributed by atoms with E-state index in [-0.39, 0.29) is 0 Å². The number of nitrogens with zero attached hydrogens (tertiary/aromatic N) is 1. The highest BCUT2D eigenvalue weighted by Gasteiger charge is 2.12. The summed E-state index contributed by atoms with van der Waals surface area (Å²) in [4.78, 5) is 4.57. The number of pyridine rings is 1. The molecule has 0 aliphatic heterocycles. The Balaban J connectivity index is 2.37. The second-order valence-corrected chi connectivity index (χ2v) is 5.76. The Kier molecular flexibility index (Phi) is 6.01. The Morgan fingerprint density at radius 3 is 2.82 bits per heavy atom. The molecule has 0 aliphatic carbocycles. The molecule has 0 unspecified atom stereocenters. The van der Waals surface area contributed by atoms with E-state index in [0.29, 0.717) is 6.04 Å². The van der Waals surface area contributed by atoms with Gasteiger partial charge in [-0.2, -0.15) is 0 Å². The molecule has 3 N–H and O–H groups in total. The van der Waals surface area contributed by atoms with Crippen molar-refractivity contribution in [3.63, 3.8) is 0 Å². The lowest BCUT2D eigenvalue weighted by Gasteiger charge is -2.21. The maximum Gasteiger partial charge on any atom is 0.121 e. The van der Waals surface area contributed by atoms with E-state index in [1.165, 1.54) is 5.56 Å². The van der Waals surface area contributed by atoms with Crippen LogP contribution in [0.4, 0.5) is 5.69 Å². The minimum Gasteiger partial charge on any atom is -0.497 e.